The van der Waals surface area contributed by atoms with Gasteiger partial charge in [-0.25, -0.2) is 9.78 Å². The Morgan fingerprint density at radius 1 is 1.18 bits per heavy atom. The summed E-state index contributed by atoms with van der Waals surface area (Å²) in [6.45, 7) is 4.17. The zero-order valence-electron chi connectivity index (χ0n) is 12.5. The lowest BCUT2D eigenvalue weighted by Crippen LogP contribution is -2.53. The molecular formula is C14H21N5O2S. The van der Waals surface area contributed by atoms with Gasteiger partial charge in [0.15, 0.2) is 5.13 Å². The van der Waals surface area contributed by atoms with Crippen molar-refractivity contribution in [2.75, 3.05) is 44.2 Å². The second-order valence-electron chi connectivity index (χ2n) is 5.75. The molecule has 2 aliphatic rings. The fourth-order valence-corrected chi connectivity index (χ4v) is 3.82. The van der Waals surface area contributed by atoms with Crippen LogP contribution < -0.4 is 10.6 Å². The average molecular weight is 323 g/mol. The molecular weight excluding hydrogens is 302 g/mol. The average Bonchev–Trinajstić information content (AvgIpc) is 3.09. The molecule has 7 nitrogen and oxygen atoms in total. The number of thiazole rings is 1. The third-order valence-electron chi connectivity index (χ3n) is 4.36. The van der Waals surface area contributed by atoms with Crippen molar-refractivity contribution in [2.24, 2.45) is 11.7 Å². The monoisotopic (exact) mass is 323 g/mol. The second-order valence-corrected chi connectivity index (χ2v) is 6.62. The summed E-state index contributed by atoms with van der Waals surface area (Å²) < 4.78 is 0. The summed E-state index contributed by atoms with van der Waals surface area (Å²) in [7, 11) is 0. The molecule has 3 amide bonds. The van der Waals surface area contributed by atoms with Crippen molar-refractivity contribution in [1.29, 1.82) is 0 Å². The number of hydrogen-bond donors (Lipinski definition) is 1. The Morgan fingerprint density at radius 3 is 2.59 bits per heavy atom. The van der Waals surface area contributed by atoms with Gasteiger partial charge in [0.2, 0.25) is 5.91 Å². The van der Waals surface area contributed by atoms with Gasteiger partial charge in [-0.3, -0.25) is 4.79 Å². The summed E-state index contributed by atoms with van der Waals surface area (Å²) in [6.07, 6.45) is 3.49. The van der Waals surface area contributed by atoms with E-state index in [2.05, 4.69) is 9.88 Å². The van der Waals surface area contributed by atoms with Gasteiger partial charge in [0.05, 0.1) is 5.92 Å². The Bertz CT molecular complexity index is 527. The molecule has 3 rings (SSSR count). The number of piperidine rings is 1. The van der Waals surface area contributed by atoms with E-state index in [1.165, 1.54) is 0 Å². The van der Waals surface area contributed by atoms with Crippen LogP contribution in [0.4, 0.5) is 9.93 Å². The first kappa shape index (κ1) is 15.1. The van der Waals surface area contributed by atoms with Gasteiger partial charge in [-0.2, -0.15) is 0 Å². The summed E-state index contributed by atoms with van der Waals surface area (Å²) in [5, 5.41) is 2.98. The van der Waals surface area contributed by atoms with Gasteiger partial charge >= 0.3 is 6.03 Å². The van der Waals surface area contributed by atoms with Crippen LogP contribution in [0.25, 0.3) is 0 Å². The molecule has 120 valence electrons. The number of rotatable bonds is 2. The highest BCUT2D eigenvalue weighted by Crippen LogP contribution is 2.22. The van der Waals surface area contributed by atoms with Crippen molar-refractivity contribution >= 4 is 28.4 Å². The van der Waals surface area contributed by atoms with Gasteiger partial charge in [0.25, 0.3) is 0 Å². The molecule has 1 aromatic rings. The molecule has 0 bridgehead atoms. The second kappa shape index (κ2) is 6.51. The van der Waals surface area contributed by atoms with Crippen molar-refractivity contribution in [1.82, 2.24) is 14.8 Å². The molecule has 0 radical (unpaired) electrons. The molecule has 2 fully saturated rings. The number of anilines is 1. The first-order valence-electron chi connectivity index (χ1n) is 7.63. The SMILES string of the molecule is NC(=O)N1CCCC(C(=O)N2CCN(c3nccs3)CC2)C1. The van der Waals surface area contributed by atoms with Crippen molar-refractivity contribution in [3.8, 4) is 0 Å². The molecule has 2 saturated heterocycles. The minimum Gasteiger partial charge on any atom is -0.351 e. The van der Waals surface area contributed by atoms with E-state index in [1.807, 2.05) is 10.3 Å². The topological polar surface area (TPSA) is 82.8 Å². The number of piperazine rings is 1. The predicted molar refractivity (Wildman–Crippen MR) is 84.8 cm³/mol. The van der Waals surface area contributed by atoms with Crippen LogP contribution in [0.5, 0.6) is 0 Å². The molecule has 0 aliphatic carbocycles. The van der Waals surface area contributed by atoms with Crippen LogP contribution in [0.2, 0.25) is 0 Å². The van der Waals surface area contributed by atoms with E-state index in [9.17, 15) is 9.59 Å². The Hall–Kier alpha value is -1.83. The van der Waals surface area contributed by atoms with E-state index in [1.54, 1.807) is 22.4 Å². The maximum absolute atomic E-state index is 12.6. The maximum atomic E-state index is 12.6. The zero-order chi connectivity index (χ0) is 15.5. The Labute approximate surface area is 133 Å². The fraction of sp³-hybridized carbons (Fsp3) is 0.643. The highest BCUT2D eigenvalue weighted by molar-refractivity contribution is 7.13. The lowest BCUT2D eigenvalue weighted by atomic mass is 9.96. The van der Waals surface area contributed by atoms with Crippen LogP contribution in [-0.2, 0) is 4.79 Å². The smallest absolute Gasteiger partial charge is 0.314 e. The van der Waals surface area contributed by atoms with Crippen LogP contribution in [0.15, 0.2) is 11.6 Å². The molecule has 0 saturated carbocycles. The number of primary amides is 1. The molecule has 2 aliphatic heterocycles. The van der Waals surface area contributed by atoms with E-state index in [0.717, 1.165) is 31.1 Å². The lowest BCUT2D eigenvalue weighted by molar-refractivity contribution is -0.137. The van der Waals surface area contributed by atoms with E-state index < -0.39 is 6.03 Å². The van der Waals surface area contributed by atoms with Crippen LogP contribution in [0, 0.1) is 5.92 Å². The number of hydrogen-bond acceptors (Lipinski definition) is 5. The summed E-state index contributed by atoms with van der Waals surface area (Å²) in [6, 6.07) is -0.425. The molecule has 1 atom stereocenters. The van der Waals surface area contributed by atoms with Crippen molar-refractivity contribution < 1.29 is 9.59 Å². The van der Waals surface area contributed by atoms with E-state index in [4.69, 9.17) is 5.73 Å². The third-order valence-corrected chi connectivity index (χ3v) is 5.20. The van der Waals surface area contributed by atoms with Gasteiger partial charge in [-0.1, -0.05) is 0 Å². The van der Waals surface area contributed by atoms with Crippen molar-refractivity contribution in [3.63, 3.8) is 0 Å². The van der Waals surface area contributed by atoms with Gasteiger partial charge < -0.3 is 20.4 Å². The molecule has 8 heteroatoms. The number of carbonyl (C=O) groups is 2. The van der Waals surface area contributed by atoms with Crippen LogP contribution in [0.1, 0.15) is 12.8 Å². The normalized spacial score (nSPS) is 22.7. The Balaban J connectivity index is 1.54. The number of urea groups is 1. The number of nitrogens with zero attached hydrogens (tertiary/aromatic N) is 4. The highest BCUT2D eigenvalue weighted by atomic mass is 32.1. The van der Waals surface area contributed by atoms with Crippen LogP contribution in [0.3, 0.4) is 0 Å². The van der Waals surface area contributed by atoms with E-state index in [0.29, 0.717) is 26.2 Å². The molecule has 22 heavy (non-hydrogen) atoms. The molecule has 1 unspecified atom stereocenters. The maximum Gasteiger partial charge on any atom is 0.314 e. The standard InChI is InChI=1S/C14H21N5O2S/c15-13(21)19-4-1-2-11(10-19)12(20)17-5-7-18(8-6-17)14-16-3-9-22-14/h3,9,11H,1-2,4-8,10H2,(H2,15,21). The number of aromatic nitrogens is 1. The Morgan fingerprint density at radius 2 is 1.95 bits per heavy atom. The minimum absolute atomic E-state index is 0.104. The molecule has 0 aromatic carbocycles. The van der Waals surface area contributed by atoms with Gasteiger partial charge in [-0.15, -0.1) is 11.3 Å². The van der Waals surface area contributed by atoms with Gasteiger partial charge in [0, 0.05) is 50.8 Å². The number of nitrogens with two attached hydrogens (primary N) is 1. The summed E-state index contributed by atoms with van der Waals surface area (Å²) >= 11 is 1.62. The Kier molecular flexibility index (Phi) is 4.47. The largest absolute Gasteiger partial charge is 0.351 e. The van der Waals surface area contributed by atoms with E-state index in [-0.39, 0.29) is 11.8 Å². The van der Waals surface area contributed by atoms with Crippen molar-refractivity contribution in [2.45, 2.75) is 12.8 Å². The molecule has 2 N–H and O–H groups in total. The van der Waals surface area contributed by atoms with Gasteiger partial charge in [0.1, 0.15) is 0 Å². The van der Waals surface area contributed by atoms with Crippen molar-refractivity contribution in [3.05, 3.63) is 11.6 Å². The van der Waals surface area contributed by atoms with Crippen LogP contribution >= 0.6 is 11.3 Å². The predicted octanol–water partition coefficient (Wildman–Crippen LogP) is 0.582. The van der Waals surface area contributed by atoms with Crippen LogP contribution in [-0.4, -0.2) is 66.0 Å². The first-order chi connectivity index (χ1) is 10.6. The molecule has 3 heterocycles. The van der Waals surface area contributed by atoms with E-state index >= 15 is 0 Å². The lowest BCUT2D eigenvalue weighted by Gasteiger charge is -2.38. The number of likely N-dealkylation sites (tertiary alicyclic amines) is 1. The minimum atomic E-state index is -0.425. The third kappa shape index (κ3) is 3.16. The highest BCUT2D eigenvalue weighted by Gasteiger charge is 2.32. The quantitative estimate of drug-likeness (QED) is 0.863. The first-order valence-corrected chi connectivity index (χ1v) is 8.50. The molecule has 0 spiro atoms. The zero-order valence-corrected chi connectivity index (χ0v) is 13.3. The van der Waals surface area contributed by atoms with Gasteiger partial charge in [-0.05, 0) is 12.8 Å². The number of amides is 3. The molecule has 1 aromatic heterocycles. The fourth-order valence-electron chi connectivity index (χ4n) is 3.13. The number of carbonyl (C=O) groups excluding carboxylic acids is 2. The summed E-state index contributed by atoms with van der Waals surface area (Å²) in [4.78, 5) is 33.9. The summed E-state index contributed by atoms with van der Waals surface area (Å²) in [5.41, 5.74) is 5.33. The summed E-state index contributed by atoms with van der Waals surface area (Å²) in [5.74, 6) is 0.0531.